The van der Waals surface area contributed by atoms with E-state index in [2.05, 4.69) is 15.9 Å². The Kier molecular flexibility index (Phi) is 4.22. The summed E-state index contributed by atoms with van der Waals surface area (Å²) < 4.78 is 37.3. The lowest BCUT2D eigenvalue weighted by Gasteiger charge is -2.07. The van der Waals surface area contributed by atoms with Crippen LogP contribution in [-0.2, 0) is 6.18 Å². The highest BCUT2D eigenvalue weighted by atomic mass is 79.9. The van der Waals surface area contributed by atoms with Crippen molar-refractivity contribution >= 4 is 21.6 Å². The molecular weight excluding hydrogens is 297 g/mol. The SMILES string of the molecule is N/C(=C\C=C(/N)Br)c1ccc(C(F)(F)F)cc1. The molecule has 6 heteroatoms. The van der Waals surface area contributed by atoms with Gasteiger partial charge in [-0.2, -0.15) is 13.2 Å². The van der Waals surface area contributed by atoms with Crippen molar-refractivity contribution in [2.75, 3.05) is 0 Å². The Bertz CT molecular complexity index is 443. The molecule has 0 aromatic heterocycles. The maximum atomic E-state index is 12.3. The summed E-state index contributed by atoms with van der Waals surface area (Å²) in [5, 5.41) is 0. The molecule has 0 aliphatic carbocycles. The van der Waals surface area contributed by atoms with Crippen LogP contribution in [0.1, 0.15) is 11.1 Å². The maximum Gasteiger partial charge on any atom is 0.416 e. The van der Waals surface area contributed by atoms with Crippen LogP contribution in [0.4, 0.5) is 13.2 Å². The monoisotopic (exact) mass is 306 g/mol. The van der Waals surface area contributed by atoms with Gasteiger partial charge in [0.2, 0.25) is 0 Å². The zero-order valence-corrected chi connectivity index (χ0v) is 10.2. The first-order valence-corrected chi connectivity index (χ1v) is 5.36. The standard InChI is InChI=1S/C11H10BrF3N2/c12-10(17)6-5-9(16)7-1-3-8(4-2-7)11(13,14)15/h1-6H,16-17H2/b9-5-,10-6-. The van der Waals surface area contributed by atoms with Gasteiger partial charge in [0.1, 0.15) is 0 Å². The number of halogens is 4. The predicted octanol–water partition coefficient (Wildman–Crippen LogP) is 3.20. The highest BCUT2D eigenvalue weighted by Gasteiger charge is 2.29. The third kappa shape index (κ3) is 4.14. The normalized spacial score (nSPS) is 13.9. The Labute approximate surface area is 105 Å². The fourth-order valence-electron chi connectivity index (χ4n) is 1.12. The van der Waals surface area contributed by atoms with E-state index in [4.69, 9.17) is 11.5 Å². The third-order valence-electron chi connectivity index (χ3n) is 1.97. The second kappa shape index (κ2) is 5.27. The summed E-state index contributed by atoms with van der Waals surface area (Å²) in [6, 6.07) is 4.59. The summed E-state index contributed by atoms with van der Waals surface area (Å²) >= 11 is 3.00. The topological polar surface area (TPSA) is 52.0 Å². The van der Waals surface area contributed by atoms with Gasteiger partial charge in [0.25, 0.3) is 0 Å². The highest BCUT2D eigenvalue weighted by Crippen LogP contribution is 2.29. The minimum atomic E-state index is -4.34. The van der Waals surface area contributed by atoms with Crippen LogP contribution in [0, 0.1) is 0 Å². The van der Waals surface area contributed by atoms with Gasteiger partial charge in [0.15, 0.2) is 0 Å². The molecule has 0 heterocycles. The lowest BCUT2D eigenvalue weighted by molar-refractivity contribution is -0.137. The Morgan fingerprint density at radius 2 is 1.59 bits per heavy atom. The van der Waals surface area contributed by atoms with Crippen molar-refractivity contribution in [1.29, 1.82) is 0 Å². The Morgan fingerprint density at radius 1 is 1.06 bits per heavy atom. The number of nitrogens with two attached hydrogens (primary N) is 2. The van der Waals surface area contributed by atoms with Crippen molar-refractivity contribution in [2.45, 2.75) is 6.18 Å². The van der Waals surface area contributed by atoms with E-state index in [-0.39, 0.29) is 0 Å². The lowest BCUT2D eigenvalue weighted by Crippen LogP contribution is -2.05. The largest absolute Gasteiger partial charge is 0.416 e. The Hall–Kier alpha value is -1.43. The van der Waals surface area contributed by atoms with Crippen LogP contribution in [-0.4, -0.2) is 0 Å². The first kappa shape index (κ1) is 13.6. The van der Waals surface area contributed by atoms with Crippen molar-refractivity contribution in [3.63, 3.8) is 0 Å². The quantitative estimate of drug-likeness (QED) is 0.651. The number of hydrogen-bond donors (Lipinski definition) is 2. The minimum absolute atomic E-state index is 0.334. The van der Waals surface area contributed by atoms with E-state index in [1.54, 1.807) is 0 Å². The number of hydrogen-bond acceptors (Lipinski definition) is 2. The van der Waals surface area contributed by atoms with Gasteiger partial charge in [-0.15, -0.1) is 0 Å². The van der Waals surface area contributed by atoms with Crippen LogP contribution in [0.15, 0.2) is 41.0 Å². The van der Waals surface area contributed by atoms with Crippen molar-refractivity contribution in [3.05, 3.63) is 52.2 Å². The second-order valence-corrected chi connectivity index (χ2v) is 4.16. The molecule has 0 bridgehead atoms. The van der Waals surface area contributed by atoms with Gasteiger partial charge in [0, 0.05) is 5.70 Å². The van der Waals surface area contributed by atoms with Crippen molar-refractivity contribution in [1.82, 2.24) is 0 Å². The van der Waals surface area contributed by atoms with E-state index in [9.17, 15) is 13.2 Å². The van der Waals surface area contributed by atoms with E-state index in [0.717, 1.165) is 12.1 Å². The van der Waals surface area contributed by atoms with Crippen molar-refractivity contribution in [2.24, 2.45) is 11.5 Å². The number of rotatable bonds is 2. The average molecular weight is 307 g/mol. The van der Waals surface area contributed by atoms with Crippen LogP contribution < -0.4 is 11.5 Å². The van der Waals surface area contributed by atoms with Crippen LogP contribution in [0.25, 0.3) is 5.70 Å². The smallest absolute Gasteiger partial charge is 0.398 e. The molecule has 2 nitrogen and oxygen atoms in total. The van der Waals surface area contributed by atoms with Gasteiger partial charge < -0.3 is 11.5 Å². The molecule has 0 fully saturated rings. The summed E-state index contributed by atoms with van der Waals surface area (Å²) in [6.07, 6.45) is -1.32. The molecule has 1 rings (SSSR count). The van der Waals surface area contributed by atoms with Gasteiger partial charge >= 0.3 is 6.18 Å². The molecule has 0 spiro atoms. The molecule has 0 amide bonds. The summed E-state index contributed by atoms with van der Waals surface area (Å²) in [5.41, 5.74) is 11.1. The number of allylic oxidation sites excluding steroid dienone is 2. The summed E-state index contributed by atoms with van der Waals surface area (Å²) in [4.78, 5) is 0. The first-order valence-electron chi connectivity index (χ1n) is 4.57. The van der Waals surface area contributed by atoms with Crippen LogP contribution in [0.5, 0.6) is 0 Å². The molecular formula is C11H10BrF3N2. The zero-order valence-electron chi connectivity index (χ0n) is 8.63. The number of alkyl halides is 3. The van der Waals surface area contributed by atoms with E-state index in [1.165, 1.54) is 24.3 Å². The maximum absolute atomic E-state index is 12.3. The highest BCUT2D eigenvalue weighted by molar-refractivity contribution is 9.11. The lowest BCUT2D eigenvalue weighted by atomic mass is 10.1. The predicted molar refractivity (Wildman–Crippen MR) is 64.8 cm³/mol. The molecule has 0 saturated carbocycles. The van der Waals surface area contributed by atoms with Crippen LogP contribution in [0.2, 0.25) is 0 Å². The molecule has 0 aliphatic rings. The van der Waals surface area contributed by atoms with E-state index < -0.39 is 11.7 Å². The summed E-state index contributed by atoms with van der Waals surface area (Å²) in [7, 11) is 0. The van der Waals surface area contributed by atoms with E-state index in [0.29, 0.717) is 15.9 Å². The molecule has 0 unspecified atom stereocenters. The Morgan fingerprint density at radius 3 is 2.00 bits per heavy atom. The molecule has 0 aliphatic heterocycles. The molecule has 1 aromatic rings. The van der Waals surface area contributed by atoms with Gasteiger partial charge in [-0.25, -0.2) is 0 Å². The molecule has 0 radical (unpaired) electrons. The minimum Gasteiger partial charge on any atom is -0.398 e. The van der Waals surface area contributed by atoms with Gasteiger partial charge in [-0.3, -0.25) is 0 Å². The molecule has 4 N–H and O–H groups in total. The number of benzene rings is 1. The van der Waals surface area contributed by atoms with E-state index in [1.807, 2.05) is 0 Å². The Balaban J connectivity index is 2.96. The van der Waals surface area contributed by atoms with Gasteiger partial charge in [-0.05, 0) is 45.8 Å². The molecule has 17 heavy (non-hydrogen) atoms. The van der Waals surface area contributed by atoms with Crippen LogP contribution in [0.3, 0.4) is 0 Å². The van der Waals surface area contributed by atoms with Gasteiger partial charge in [-0.1, -0.05) is 12.1 Å². The van der Waals surface area contributed by atoms with Crippen molar-refractivity contribution < 1.29 is 13.2 Å². The van der Waals surface area contributed by atoms with Gasteiger partial charge in [0.05, 0.1) is 10.2 Å². The van der Waals surface area contributed by atoms with Crippen molar-refractivity contribution in [3.8, 4) is 0 Å². The summed E-state index contributed by atoms with van der Waals surface area (Å²) in [5.74, 6) is 0. The fraction of sp³-hybridized carbons (Fsp3) is 0.0909. The summed E-state index contributed by atoms with van der Waals surface area (Å²) in [6.45, 7) is 0. The third-order valence-corrected chi connectivity index (χ3v) is 2.23. The zero-order chi connectivity index (χ0) is 13.1. The second-order valence-electron chi connectivity index (χ2n) is 3.25. The average Bonchev–Trinajstić information content (AvgIpc) is 2.25. The molecule has 0 saturated heterocycles. The van der Waals surface area contributed by atoms with E-state index >= 15 is 0 Å². The molecule has 92 valence electrons. The van der Waals surface area contributed by atoms with Crippen LogP contribution >= 0.6 is 15.9 Å². The molecule has 1 aromatic carbocycles. The molecule has 0 atom stereocenters. The fourth-order valence-corrected chi connectivity index (χ4v) is 1.25. The first-order chi connectivity index (χ1) is 7.80.